The average molecular weight is 286 g/mol. The van der Waals surface area contributed by atoms with Crippen LogP contribution in [0.4, 0.5) is 4.79 Å². The third-order valence-electron chi connectivity index (χ3n) is 2.77. The van der Waals surface area contributed by atoms with Crippen LogP contribution in [-0.4, -0.2) is 22.2 Å². The summed E-state index contributed by atoms with van der Waals surface area (Å²) in [7, 11) is 0. The fourth-order valence-electron chi connectivity index (χ4n) is 1.68. The molecule has 2 aromatic carbocycles. The van der Waals surface area contributed by atoms with Crippen molar-refractivity contribution in [2.24, 2.45) is 0 Å². The number of hydrogen-bond acceptors (Lipinski definition) is 4. The first-order valence-electron chi connectivity index (χ1n) is 6.21. The lowest BCUT2D eigenvalue weighted by atomic mass is 10.2. The van der Waals surface area contributed by atoms with Gasteiger partial charge in [0.25, 0.3) is 5.91 Å². The smallest absolute Gasteiger partial charge is 0.321 e. The Morgan fingerprint density at radius 3 is 2.29 bits per heavy atom. The first kappa shape index (κ1) is 14.4. The first-order valence-corrected chi connectivity index (χ1v) is 6.21. The van der Waals surface area contributed by atoms with E-state index in [2.05, 4.69) is 10.6 Å². The zero-order valence-electron chi connectivity index (χ0n) is 11.0. The van der Waals surface area contributed by atoms with E-state index < -0.39 is 11.9 Å². The predicted molar refractivity (Wildman–Crippen MR) is 75.9 cm³/mol. The maximum atomic E-state index is 11.8. The summed E-state index contributed by atoms with van der Waals surface area (Å²) in [6.45, 7) is 0.208. The molecule has 0 aliphatic carbocycles. The molecular weight excluding hydrogens is 272 g/mol. The number of aromatic hydroxyl groups is 2. The normalized spacial score (nSPS) is 9.90. The van der Waals surface area contributed by atoms with Crippen molar-refractivity contribution in [3.8, 4) is 11.5 Å². The molecule has 0 spiro atoms. The fourth-order valence-corrected chi connectivity index (χ4v) is 1.68. The van der Waals surface area contributed by atoms with Gasteiger partial charge >= 0.3 is 6.03 Å². The highest BCUT2D eigenvalue weighted by Gasteiger charge is 2.13. The Bertz CT molecular complexity index is 653. The Morgan fingerprint density at radius 2 is 1.62 bits per heavy atom. The van der Waals surface area contributed by atoms with Gasteiger partial charge in [0, 0.05) is 6.54 Å². The minimum absolute atomic E-state index is 0.0253. The van der Waals surface area contributed by atoms with Gasteiger partial charge in [0.05, 0.1) is 5.56 Å². The molecule has 0 radical (unpaired) electrons. The second kappa shape index (κ2) is 6.42. The fraction of sp³-hybridized carbons (Fsp3) is 0.0667. The van der Waals surface area contributed by atoms with Crippen molar-refractivity contribution >= 4 is 11.9 Å². The number of rotatable bonds is 3. The van der Waals surface area contributed by atoms with Gasteiger partial charge < -0.3 is 15.5 Å². The molecule has 0 saturated carbocycles. The maximum absolute atomic E-state index is 11.8. The highest BCUT2D eigenvalue weighted by molar-refractivity contribution is 6.05. The minimum atomic E-state index is -0.684. The molecule has 0 saturated heterocycles. The summed E-state index contributed by atoms with van der Waals surface area (Å²) >= 11 is 0. The highest BCUT2D eigenvalue weighted by atomic mass is 16.3. The molecule has 0 atom stereocenters. The van der Waals surface area contributed by atoms with Gasteiger partial charge in [0.2, 0.25) is 0 Å². The van der Waals surface area contributed by atoms with Gasteiger partial charge in [-0.1, -0.05) is 24.3 Å². The number of hydrogen-bond donors (Lipinski definition) is 4. The van der Waals surface area contributed by atoms with Gasteiger partial charge in [0.15, 0.2) is 0 Å². The lowest BCUT2D eigenvalue weighted by Crippen LogP contribution is -2.39. The molecule has 0 fully saturated rings. The molecule has 0 heterocycles. The van der Waals surface area contributed by atoms with E-state index in [1.807, 2.05) is 0 Å². The summed E-state index contributed by atoms with van der Waals surface area (Å²) < 4.78 is 0. The number of carbonyl (C=O) groups excluding carboxylic acids is 2. The SMILES string of the molecule is O=C(NCc1ccc(O)cc1)NC(=O)c1ccccc1O. The molecule has 0 unspecified atom stereocenters. The number of urea groups is 1. The number of nitrogens with one attached hydrogen (secondary N) is 2. The number of imide groups is 1. The molecule has 6 heteroatoms. The second-order valence-corrected chi connectivity index (χ2v) is 4.32. The summed E-state index contributed by atoms with van der Waals surface area (Å²) in [5.74, 6) is -0.740. The number of para-hydroxylation sites is 1. The Labute approximate surface area is 121 Å². The van der Waals surface area contributed by atoms with E-state index in [1.165, 1.54) is 24.3 Å². The standard InChI is InChI=1S/C15H14N2O4/c18-11-7-5-10(6-8-11)9-16-15(21)17-14(20)12-3-1-2-4-13(12)19/h1-8,18-19H,9H2,(H2,16,17,20,21). The van der Waals surface area contributed by atoms with Gasteiger partial charge in [0.1, 0.15) is 11.5 Å². The molecule has 0 aliphatic rings. The molecule has 3 amide bonds. The zero-order chi connectivity index (χ0) is 15.2. The van der Waals surface area contributed by atoms with E-state index in [9.17, 15) is 14.7 Å². The Balaban J connectivity index is 1.89. The van der Waals surface area contributed by atoms with Crippen LogP contribution in [0.2, 0.25) is 0 Å². The van der Waals surface area contributed by atoms with Gasteiger partial charge in [-0.2, -0.15) is 0 Å². The molecule has 108 valence electrons. The molecule has 21 heavy (non-hydrogen) atoms. The average Bonchev–Trinajstić information content (AvgIpc) is 2.47. The van der Waals surface area contributed by atoms with E-state index >= 15 is 0 Å². The third-order valence-corrected chi connectivity index (χ3v) is 2.77. The predicted octanol–water partition coefficient (Wildman–Crippen LogP) is 1.74. The van der Waals surface area contributed by atoms with E-state index in [4.69, 9.17) is 5.11 Å². The number of phenolic OH excluding ortho intramolecular Hbond substituents is 2. The van der Waals surface area contributed by atoms with Gasteiger partial charge in [-0.3, -0.25) is 10.1 Å². The topological polar surface area (TPSA) is 98.7 Å². The summed E-state index contributed by atoms with van der Waals surface area (Å²) in [6, 6.07) is 11.6. The quantitative estimate of drug-likeness (QED) is 0.690. The first-order chi connectivity index (χ1) is 10.1. The van der Waals surface area contributed by atoms with Crippen LogP contribution in [0.25, 0.3) is 0 Å². The van der Waals surface area contributed by atoms with Crippen molar-refractivity contribution < 1.29 is 19.8 Å². The molecule has 2 aromatic rings. The minimum Gasteiger partial charge on any atom is -0.508 e. The van der Waals surface area contributed by atoms with Gasteiger partial charge in [-0.25, -0.2) is 4.79 Å². The molecule has 0 bridgehead atoms. The van der Waals surface area contributed by atoms with Crippen LogP contribution in [0, 0.1) is 0 Å². The lowest BCUT2D eigenvalue weighted by molar-refractivity contribution is 0.0961. The van der Waals surface area contributed by atoms with Gasteiger partial charge in [-0.15, -0.1) is 0 Å². The van der Waals surface area contributed by atoms with Crippen molar-refractivity contribution in [2.45, 2.75) is 6.54 Å². The van der Waals surface area contributed by atoms with Crippen molar-refractivity contribution in [1.29, 1.82) is 0 Å². The second-order valence-electron chi connectivity index (χ2n) is 4.32. The summed E-state index contributed by atoms with van der Waals surface area (Å²) in [5, 5.41) is 23.3. The van der Waals surface area contributed by atoms with E-state index in [-0.39, 0.29) is 23.6 Å². The Hall–Kier alpha value is -3.02. The molecular formula is C15H14N2O4. The molecule has 2 rings (SSSR count). The van der Waals surface area contributed by atoms with Crippen molar-refractivity contribution in [3.63, 3.8) is 0 Å². The van der Waals surface area contributed by atoms with Crippen LogP contribution in [0.3, 0.4) is 0 Å². The Kier molecular flexibility index (Phi) is 4.40. The Morgan fingerprint density at radius 1 is 0.952 bits per heavy atom. The molecule has 0 aromatic heterocycles. The number of phenols is 2. The van der Waals surface area contributed by atoms with Crippen LogP contribution in [-0.2, 0) is 6.54 Å². The summed E-state index contributed by atoms with van der Waals surface area (Å²) in [4.78, 5) is 23.4. The zero-order valence-corrected chi connectivity index (χ0v) is 11.0. The molecule has 0 aliphatic heterocycles. The summed E-state index contributed by atoms with van der Waals surface area (Å²) in [6.07, 6.45) is 0. The van der Waals surface area contributed by atoms with Crippen LogP contribution in [0.5, 0.6) is 11.5 Å². The van der Waals surface area contributed by atoms with Gasteiger partial charge in [-0.05, 0) is 29.8 Å². The number of amides is 3. The van der Waals surface area contributed by atoms with Crippen LogP contribution >= 0.6 is 0 Å². The van der Waals surface area contributed by atoms with E-state index in [0.717, 1.165) is 5.56 Å². The third kappa shape index (κ3) is 3.97. The van der Waals surface area contributed by atoms with Crippen molar-refractivity contribution in [3.05, 3.63) is 59.7 Å². The van der Waals surface area contributed by atoms with E-state index in [1.54, 1.807) is 24.3 Å². The maximum Gasteiger partial charge on any atom is 0.321 e. The molecule has 6 nitrogen and oxygen atoms in total. The number of carbonyl (C=O) groups is 2. The summed E-state index contributed by atoms with van der Waals surface area (Å²) in [5.41, 5.74) is 0.801. The number of benzene rings is 2. The monoisotopic (exact) mass is 286 g/mol. The van der Waals surface area contributed by atoms with Crippen molar-refractivity contribution in [2.75, 3.05) is 0 Å². The van der Waals surface area contributed by atoms with Crippen LogP contribution in [0.1, 0.15) is 15.9 Å². The van der Waals surface area contributed by atoms with E-state index in [0.29, 0.717) is 0 Å². The van der Waals surface area contributed by atoms with Crippen molar-refractivity contribution in [1.82, 2.24) is 10.6 Å². The largest absolute Gasteiger partial charge is 0.508 e. The molecule has 4 N–H and O–H groups in total. The van der Waals surface area contributed by atoms with Crippen LogP contribution in [0.15, 0.2) is 48.5 Å². The van der Waals surface area contributed by atoms with Crippen LogP contribution < -0.4 is 10.6 Å². The lowest BCUT2D eigenvalue weighted by Gasteiger charge is -2.08. The highest BCUT2D eigenvalue weighted by Crippen LogP contribution is 2.14.